The Bertz CT molecular complexity index is 396. The number of anilines is 1. The minimum absolute atomic E-state index is 0.390. The second kappa shape index (κ2) is 7.55. The zero-order chi connectivity index (χ0) is 14.4. The molecule has 0 radical (unpaired) electrons. The number of aromatic nitrogens is 2. The van der Waals surface area contributed by atoms with E-state index in [1.54, 1.807) is 0 Å². The molecule has 0 saturated heterocycles. The van der Waals surface area contributed by atoms with E-state index in [9.17, 15) is 0 Å². The molecular formula is C15H26N4O. The summed E-state index contributed by atoms with van der Waals surface area (Å²) in [6.07, 6.45) is 5.83. The molecule has 1 fully saturated rings. The minimum atomic E-state index is 0.390. The average Bonchev–Trinajstić information content (AvgIpc) is 2.39. The van der Waals surface area contributed by atoms with Gasteiger partial charge in [-0.3, -0.25) is 0 Å². The normalized spacial score (nSPS) is 22.8. The van der Waals surface area contributed by atoms with Gasteiger partial charge in [0.15, 0.2) is 0 Å². The number of hydrogen-bond donors (Lipinski definition) is 2. The molecule has 1 heterocycles. The number of rotatable bonds is 6. The molecule has 0 bridgehead atoms. The highest BCUT2D eigenvalue weighted by atomic mass is 16.5. The Hall–Kier alpha value is -1.20. The van der Waals surface area contributed by atoms with Crippen LogP contribution in [0.1, 0.15) is 43.6 Å². The average molecular weight is 278 g/mol. The highest BCUT2D eigenvalue weighted by molar-refractivity contribution is 5.35. The third-order valence-corrected chi connectivity index (χ3v) is 3.67. The molecule has 112 valence electrons. The lowest BCUT2D eigenvalue weighted by atomic mass is 9.94. The molecule has 1 aromatic rings. The van der Waals surface area contributed by atoms with Crippen LogP contribution in [0.4, 0.5) is 5.82 Å². The number of nitrogens with one attached hydrogen (secondary N) is 1. The Morgan fingerprint density at radius 3 is 2.70 bits per heavy atom. The SMILES string of the molecule is Cc1cc(NCCCOC2CCC(N)CC2)nc(C)n1. The van der Waals surface area contributed by atoms with E-state index >= 15 is 0 Å². The molecule has 1 aliphatic rings. The van der Waals surface area contributed by atoms with E-state index in [0.717, 1.165) is 62.6 Å². The Morgan fingerprint density at radius 1 is 1.25 bits per heavy atom. The summed E-state index contributed by atoms with van der Waals surface area (Å²) >= 11 is 0. The topological polar surface area (TPSA) is 73.1 Å². The monoisotopic (exact) mass is 278 g/mol. The fourth-order valence-corrected chi connectivity index (χ4v) is 2.60. The molecule has 1 saturated carbocycles. The molecule has 1 aromatic heterocycles. The third-order valence-electron chi connectivity index (χ3n) is 3.67. The summed E-state index contributed by atoms with van der Waals surface area (Å²) in [5.41, 5.74) is 6.88. The van der Waals surface area contributed by atoms with Gasteiger partial charge in [0.25, 0.3) is 0 Å². The predicted octanol–water partition coefficient (Wildman–Crippen LogP) is 2.18. The van der Waals surface area contributed by atoms with Gasteiger partial charge in [-0.2, -0.15) is 0 Å². The highest BCUT2D eigenvalue weighted by Gasteiger charge is 2.18. The van der Waals surface area contributed by atoms with E-state index in [4.69, 9.17) is 10.5 Å². The zero-order valence-corrected chi connectivity index (χ0v) is 12.6. The van der Waals surface area contributed by atoms with Gasteiger partial charge in [0.2, 0.25) is 0 Å². The fourth-order valence-electron chi connectivity index (χ4n) is 2.60. The summed E-state index contributed by atoms with van der Waals surface area (Å²) in [5.74, 6) is 1.71. The molecule has 2 rings (SSSR count). The molecule has 0 spiro atoms. The lowest BCUT2D eigenvalue weighted by Gasteiger charge is -2.26. The van der Waals surface area contributed by atoms with Crippen molar-refractivity contribution >= 4 is 5.82 Å². The van der Waals surface area contributed by atoms with Crippen molar-refractivity contribution < 1.29 is 4.74 Å². The largest absolute Gasteiger partial charge is 0.378 e. The van der Waals surface area contributed by atoms with E-state index in [1.807, 2.05) is 19.9 Å². The summed E-state index contributed by atoms with van der Waals surface area (Å²) in [4.78, 5) is 8.61. The summed E-state index contributed by atoms with van der Waals surface area (Å²) in [6, 6.07) is 2.36. The number of nitrogens with zero attached hydrogens (tertiary/aromatic N) is 2. The second-order valence-corrected chi connectivity index (χ2v) is 5.63. The smallest absolute Gasteiger partial charge is 0.129 e. The van der Waals surface area contributed by atoms with Crippen LogP contribution in [0, 0.1) is 13.8 Å². The quantitative estimate of drug-likeness (QED) is 0.780. The van der Waals surface area contributed by atoms with E-state index in [0.29, 0.717) is 12.1 Å². The van der Waals surface area contributed by atoms with Crippen LogP contribution in [-0.4, -0.2) is 35.3 Å². The molecule has 0 aromatic carbocycles. The maximum Gasteiger partial charge on any atom is 0.129 e. The molecule has 0 atom stereocenters. The van der Waals surface area contributed by atoms with Crippen LogP contribution in [0.2, 0.25) is 0 Å². The van der Waals surface area contributed by atoms with Crippen molar-refractivity contribution in [2.75, 3.05) is 18.5 Å². The third kappa shape index (κ3) is 5.06. The summed E-state index contributed by atoms with van der Waals surface area (Å²) in [7, 11) is 0. The highest BCUT2D eigenvalue weighted by Crippen LogP contribution is 2.19. The summed E-state index contributed by atoms with van der Waals surface area (Å²) in [5, 5.41) is 3.32. The van der Waals surface area contributed by atoms with Crippen molar-refractivity contribution in [1.29, 1.82) is 0 Å². The van der Waals surface area contributed by atoms with Crippen LogP contribution in [-0.2, 0) is 4.74 Å². The molecule has 0 aliphatic heterocycles. The molecule has 20 heavy (non-hydrogen) atoms. The van der Waals surface area contributed by atoms with Gasteiger partial charge in [0.1, 0.15) is 11.6 Å². The first-order valence-corrected chi connectivity index (χ1v) is 7.57. The fraction of sp³-hybridized carbons (Fsp3) is 0.733. The maximum absolute atomic E-state index is 5.89. The van der Waals surface area contributed by atoms with Crippen LogP contribution in [0.5, 0.6) is 0 Å². The van der Waals surface area contributed by atoms with Crippen molar-refractivity contribution in [3.8, 4) is 0 Å². The lowest BCUT2D eigenvalue weighted by molar-refractivity contribution is 0.0251. The van der Waals surface area contributed by atoms with Gasteiger partial charge < -0.3 is 15.8 Å². The molecule has 0 amide bonds. The number of nitrogens with two attached hydrogens (primary N) is 1. The van der Waals surface area contributed by atoms with Crippen molar-refractivity contribution in [3.05, 3.63) is 17.6 Å². The maximum atomic E-state index is 5.89. The molecule has 1 aliphatic carbocycles. The van der Waals surface area contributed by atoms with Crippen LogP contribution >= 0.6 is 0 Å². The first kappa shape index (κ1) is 15.2. The molecule has 3 N–H and O–H groups in total. The van der Waals surface area contributed by atoms with E-state index in [1.165, 1.54) is 0 Å². The van der Waals surface area contributed by atoms with Crippen molar-refractivity contribution in [2.45, 2.75) is 58.1 Å². The van der Waals surface area contributed by atoms with Crippen LogP contribution in [0.15, 0.2) is 6.07 Å². The van der Waals surface area contributed by atoms with E-state index < -0.39 is 0 Å². The molecular weight excluding hydrogens is 252 g/mol. The van der Waals surface area contributed by atoms with E-state index in [2.05, 4.69) is 15.3 Å². The van der Waals surface area contributed by atoms with Gasteiger partial charge in [0.05, 0.1) is 6.10 Å². The van der Waals surface area contributed by atoms with Crippen LogP contribution in [0.3, 0.4) is 0 Å². The summed E-state index contributed by atoms with van der Waals surface area (Å²) < 4.78 is 5.89. The zero-order valence-electron chi connectivity index (χ0n) is 12.6. The van der Waals surface area contributed by atoms with Crippen molar-refractivity contribution in [1.82, 2.24) is 9.97 Å². The Kier molecular flexibility index (Phi) is 5.73. The van der Waals surface area contributed by atoms with Gasteiger partial charge in [-0.15, -0.1) is 0 Å². The Labute approximate surface area is 121 Å². The van der Waals surface area contributed by atoms with Crippen molar-refractivity contribution in [2.24, 2.45) is 5.73 Å². The van der Waals surface area contributed by atoms with Crippen molar-refractivity contribution in [3.63, 3.8) is 0 Å². The first-order chi connectivity index (χ1) is 9.63. The first-order valence-electron chi connectivity index (χ1n) is 7.57. The van der Waals surface area contributed by atoms with E-state index in [-0.39, 0.29) is 0 Å². The van der Waals surface area contributed by atoms with Crippen LogP contribution < -0.4 is 11.1 Å². The molecule has 5 heteroatoms. The van der Waals surface area contributed by atoms with Gasteiger partial charge in [-0.25, -0.2) is 9.97 Å². The summed E-state index contributed by atoms with van der Waals surface area (Å²) in [6.45, 7) is 5.57. The second-order valence-electron chi connectivity index (χ2n) is 5.63. The minimum Gasteiger partial charge on any atom is -0.378 e. The van der Waals surface area contributed by atoms with Crippen LogP contribution in [0.25, 0.3) is 0 Å². The number of aryl methyl sites for hydroxylation is 2. The number of ether oxygens (including phenoxy) is 1. The number of hydrogen-bond acceptors (Lipinski definition) is 5. The van der Waals surface area contributed by atoms with Gasteiger partial charge in [-0.1, -0.05) is 0 Å². The van der Waals surface area contributed by atoms with Gasteiger partial charge >= 0.3 is 0 Å². The van der Waals surface area contributed by atoms with Gasteiger partial charge in [0, 0.05) is 31.0 Å². The van der Waals surface area contributed by atoms with Gasteiger partial charge in [-0.05, 0) is 46.0 Å². The molecule has 5 nitrogen and oxygen atoms in total. The Morgan fingerprint density at radius 2 is 2.00 bits per heavy atom. The predicted molar refractivity (Wildman–Crippen MR) is 80.8 cm³/mol. The molecule has 0 unspecified atom stereocenters. The lowest BCUT2D eigenvalue weighted by Crippen LogP contribution is -2.30. The standard InChI is InChI=1S/C15H26N4O/c1-11-10-15(19-12(2)18-11)17-8-3-9-20-14-6-4-13(16)5-7-14/h10,13-14H,3-9,16H2,1-2H3,(H,17,18,19). The Balaban J connectivity index is 1.59.